The minimum Gasteiger partial charge on any atom is -0.337 e. The molecular formula is C21H25N5O2. The topological polar surface area (TPSA) is 94.7 Å². The summed E-state index contributed by atoms with van der Waals surface area (Å²) in [7, 11) is 0. The third kappa shape index (κ3) is 3.44. The Morgan fingerprint density at radius 1 is 1.21 bits per heavy atom. The summed E-state index contributed by atoms with van der Waals surface area (Å²) in [6, 6.07) is 7.60. The molecule has 0 atom stereocenters. The monoisotopic (exact) mass is 379 g/mol. The molecule has 0 spiro atoms. The van der Waals surface area contributed by atoms with E-state index in [4.69, 9.17) is 0 Å². The maximum Gasteiger partial charge on any atom is 0.274 e. The summed E-state index contributed by atoms with van der Waals surface area (Å²) in [5.74, 6) is 0.187. The van der Waals surface area contributed by atoms with Crippen LogP contribution in [-0.4, -0.2) is 44.1 Å². The maximum atomic E-state index is 12.8. The average Bonchev–Trinajstić information content (AvgIpc) is 3.18. The van der Waals surface area contributed by atoms with E-state index < -0.39 is 0 Å². The Balaban J connectivity index is 1.47. The van der Waals surface area contributed by atoms with E-state index in [-0.39, 0.29) is 22.8 Å². The lowest BCUT2D eigenvalue weighted by molar-refractivity contribution is 0.0706. The van der Waals surface area contributed by atoms with Gasteiger partial charge in [0.25, 0.3) is 11.5 Å². The van der Waals surface area contributed by atoms with Crippen LogP contribution in [0.2, 0.25) is 0 Å². The quantitative estimate of drug-likeness (QED) is 0.716. The van der Waals surface area contributed by atoms with Crippen molar-refractivity contribution in [2.24, 2.45) is 0 Å². The summed E-state index contributed by atoms with van der Waals surface area (Å²) in [5, 5.41) is 8.04. The fourth-order valence-electron chi connectivity index (χ4n) is 3.71. The second kappa shape index (κ2) is 6.89. The van der Waals surface area contributed by atoms with Gasteiger partial charge in [-0.05, 0) is 31.0 Å². The van der Waals surface area contributed by atoms with Gasteiger partial charge in [0, 0.05) is 47.4 Å². The van der Waals surface area contributed by atoms with Gasteiger partial charge in [0.1, 0.15) is 11.2 Å². The second-order valence-electron chi connectivity index (χ2n) is 8.48. The number of rotatable bonds is 2. The zero-order chi connectivity index (χ0) is 19.9. The van der Waals surface area contributed by atoms with Crippen molar-refractivity contribution in [1.82, 2.24) is 25.1 Å². The van der Waals surface area contributed by atoms with Crippen molar-refractivity contribution in [1.29, 1.82) is 0 Å². The van der Waals surface area contributed by atoms with E-state index in [0.29, 0.717) is 24.3 Å². The molecule has 1 fully saturated rings. The highest BCUT2D eigenvalue weighted by molar-refractivity contribution is 5.92. The first-order valence-electron chi connectivity index (χ1n) is 9.66. The number of carbonyl (C=O) groups is 1. The Morgan fingerprint density at radius 2 is 1.96 bits per heavy atom. The van der Waals surface area contributed by atoms with Crippen molar-refractivity contribution in [3.8, 4) is 0 Å². The zero-order valence-corrected chi connectivity index (χ0v) is 16.5. The number of piperidine rings is 1. The van der Waals surface area contributed by atoms with E-state index in [1.165, 1.54) is 0 Å². The minimum atomic E-state index is -0.155. The SMILES string of the molecule is CC(C)(C)c1cc(C(=O)N2CCC(c3cc4cccnc4c(=O)[nH]3)CC2)n[nH]1. The molecule has 28 heavy (non-hydrogen) atoms. The fraction of sp³-hybridized carbons (Fsp3) is 0.429. The van der Waals surface area contributed by atoms with E-state index in [1.54, 1.807) is 6.20 Å². The first-order valence-corrected chi connectivity index (χ1v) is 9.66. The number of hydrogen-bond acceptors (Lipinski definition) is 4. The van der Waals surface area contributed by atoms with Gasteiger partial charge in [0.05, 0.1) is 0 Å². The number of aromatic nitrogens is 4. The fourth-order valence-corrected chi connectivity index (χ4v) is 3.71. The highest BCUT2D eigenvalue weighted by Crippen LogP contribution is 2.28. The Labute approximate surface area is 163 Å². The van der Waals surface area contributed by atoms with Gasteiger partial charge < -0.3 is 9.88 Å². The second-order valence-corrected chi connectivity index (χ2v) is 8.48. The predicted octanol–water partition coefficient (Wildman–Crippen LogP) is 2.96. The molecule has 1 amide bonds. The van der Waals surface area contributed by atoms with Gasteiger partial charge in [-0.2, -0.15) is 5.10 Å². The number of H-pyrrole nitrogens is 2. The normalized spacial score (nSPS) is 15.9. The average molecular weight is 379 g/mol. The van der Waals surface area contributed by atoms with Crippen LogP contribution in [-0.2, 0) is 5.41 Å². The molecule has 1 saturated heterocycles. The summed E-state index contributed by atoms with van der Waals surface area (Å²) >= 11 is 0. The molecule has 0 bridgehead atoms. The van der Waals surface area contributed by atoms with E-state index in [1.807, 2.05) is 29.2 Å². The molecule has 3 aromatic heterocycles. The predicted molar refractivity (Wildman–Crippen MR) is 108 cm³/mol. The van der Waals surface area contributed by atoms with Gasteiger partial charge in [0.2, 0.25) is 0 Å². The first-order chi connectivity index (χ1) is 13.3. The minimum absolute atomic E-state index is 0.0404. The summed E-state index contributed by atoms with van der Waals surface area (Å²) in [6.45, 7) is 7.54. The van der Waals surface area contributed by atoms with Gasteiger partial charge in [-0.3, -0.25) is 19.7 Å². The summed E-state index contributed by atoms with van der Waals surface area (Å²) in [4.78, 5) is 34.1. The molecular weight excluding hydrogens is 354 g/mol. The molecule has 2 N–H and O–H groups in total. The van der Waals surface area contributed by atoms with Crippen molar-refractivity contribution in [2.75, 3.05) is 13.1 Å². The van der Waals surface area contributed by atoms with Gasteiger partial charge in [0.15, 0.2) is 0 Å². The molecule has 0 aliphatic carbocycles. The molecule has 0 unspecified atom stereocenters. The Morgan fingerprint density at radius 3 is 2.64 bits per heavy atom. The first kappa shape index (κ1) is 18.4. The molecule has 4 rings (SSSR count). The van der Waals surface area contributed by atoms with E-state index in [9.17, 15) is 9.59 Å². The number of fused-ring (bicyclic) bond motifs is 1. The van der Waals surface area contributed by atoms with Crippen molar-refractivity contribution < 1.29 is 4.79 Å². The van der Waals surface area contributed by atoms with Crippen LogP contribution in [0.4, 0.5) is 0 Å². The maximum absolute atomic E-state index is 12.8. The Kier molecular flexibility index (Phi) is 4.53. The van der Waals surface area contributed by atoms with E-state index in [0.717, 1.165) is 29.6 Å². The van der Waals surface area contributed by atoms with Gasteiger partial charge in [-0.15, -0.1) is 0 Å². The smallest absolute Gasteiger partial charge is 0.274 e. The van der Waals surface area contributed by atoms with E-state index >= 15 is 0 Å². The Hall–Kier alpha value is -2.96. The number of pyridine rings is 2. The highest BCUT2D eigenvalue weighted by atomic mass is 16.2. The lowest BCUT2D eigenvalue weighted by atomic mass is 9.91. The Bertz CT molecular complexity index is 1070. The van der Waals surface area contributed by atoms with Gasteiger partial charge >= 0.3 is 0 Å². The zero-order valence-electron chi connectivity index (χ0n) is 16.5. The molecule has 1 aliphatic rings. The molecule has 0 saturated carbocycles. The summed E-state index contributed by atoms with van der Waals surface area (Å²) in [5.41, 5.74) is 2.58. The third-order valence-electron chi connectivity index (χ3n) is 5.45. The van der Waals surface area contributed by atoms with Crippen LogP contribution in [0.1, 0.15) is 61.4 Å². The lowest BCUT2D eigenvalue weighted by Crippen LogP contribution is -2.38. The summed E-state index contributed by atoms with van der Waals surface area (Å²) in [6.07, 6.45) is 3.25. The number of amides is 1. The molecule has 7 nitrogen and oxygen atoms in total. The molecule has 3 aromatic rings. The van der Waals surface area contributed by atoms with Crippen LogP contribution in [0.5, 0.6) is 0 Å². The molecule has 1 aliphatic heterocycles. The van der Waals surface area contributed by atoms with Crippen molar-refractivity contribution in [2.45, 2.75) is 44.9 Å². The largest absolute Gasteiger partial charge is 0.337 e. The number of nitrogens with zero attached hydrogens (tertiary/aromatic N) is 3. The third-order valence-corrected chi connectivity index (χ3v) is 5.45. The highest BCUT2D eigenvalue weighted by Gasteiger charge is 2.27. The van der Waals surface area contributed by atoms with Crippen LogP contribution in [0.15, 0.2) is 35.3 Å². The van der Waals surface area contributed by atoms with Crippen LogP contribution >= 0.6 is 0 Å². The van der Waals surface area contributed by atoms with Gasteiger partial charge in [-0.25, -0.2) is 0 Å². The number of carbonyl (C=O) groups excluding carboxylic acids is 1. The van der Waals surface area contributed by atoms with Gasteiger partial charge in [-0.1, -0.05) is 26.8 Å². The summed E-state index contributed by atoms with van der Waals surface area (Å²) < 4.78 is 0. The standard InChI is InChI=1S/C21H25N5O2/c1-21(2,3)17-12-16(24-25-17)20(28)26-9-6-13(7-10-26)15-11-14-5-4-8-22-18(14)19(27)23-15/h4-5,8,11-13H,6-7,9-10H2,1-3H3,(H,23,27)(H,24,25). The molecule has 0 aromatic carbocycles. The van der Waals surface area contributed by atoms with E-state index in [2.05, 4.69) is 40.9 Å². The molecule has 146 valence electrons. The molecule has 0 radical (unpaired) electrons. The molecule has 7 heteroatoms. The van der Waals surface area contributed by atoms with Crippen LogP contribution in [0, 0.1) is 0 Å². The number of nitrogens with one attached hydrogen (secondary N) is 2. The van der Waals surface area contributed by atoms with Crippen LogP contribution in [0.25, 0.3) is 10.9 Å². The van der Waals surface area contributed by atoms with Crippen molar-refractivity contribution in [3.05, 3.63) is 57.9 Å². The van der Waals surface area contributed by atoms with Crippen molar-refractivity contribution in [3.63, 3.8) is 0 Å². The van der Waals surface area contributed by atoms with Crippen LogP contribution < -0.4 is 5.56 Å². The van der Waals surface area contributed by atoms with Crippen LogP contribution in [0.3, 0.4) is 0 Å². The molecule has 4 heterocycles. The van der Waals surface area contributed by atoms with Crippen molar-refractivity contribution >= 4 is 16.8 Å². The number of hydrogen-bond donors (Lipinski definition) is 2. The lowest BCUT2D eigenvalue weighted by Gasteiger charge is -2.31. The number of likely N-dealkylation sites (tertiary alicyclic amines) is 1. The number of aromatic amines is 2.